The number of hydrogen-bond donors (Lipinski definition) is 2. The summed E-state index contributed by atoms with van der Waals surface area (Å²) in [6, 6.07) is 8.79. The summed E-state index contributed by atoms with van der Waals surface area (Å²) in [6.45, 7) is 5.76. The van der Waals surface area contributed by atoms with E-state index in [1.807, 2.05) is 26.8 Å². The first kappa shape index (κ1) is 35.9. The first-order valence-electron chi connectivity index (χ1n) is 14.5. The number of H-pyrrole nitrogens is 2. The molecule has 4 aromatic heterocycles. The van der Waals surface area contributed by atoms with Crippen molar-refractivity contribution in [1.29, 1.82) is 0 Å². The van der Waals surface area contributed by atoms with Crippen LogP contribution in [0.1, 0.15) is 39.2 Å². The summed E-state index contributed by atoms with van der Waals surface area (Å²) in [5, 5.41) is 1.10. The van der Waals surface area contributed by atoms with Crippen LogP contribution in [0.3, 0.4) is 0 Å². The van der Waals surface area contributed by atoms with E-state index in [2.05, 4.69) is 29.9 Å². The van der Waals surface area contributed by atoms with Crippen LogP contribution in [0.2, 0.25) is 0 Å². The number of nitrogens with zero attached hydrogens (tertiary/aromatic N) is 4. The second-order valence-corrected chi connectivity index (χ2v) is 12.7. The highest BCUT2D eigenvalue weighted by atomic mass is 32.2. The number of imidazole rings is 2. The number of benzene rings is 2. The Balaban J connectivity index is 0.000000191. The molecule has 0 fully saturated rings. The lowest BCUT2D eigenvalue weighted by molar-refractivity contribution is -0.138. The molecule has 0 radical (unpaired) electrons. The normalized spacial score (nSPS) is 11.9. The molecule has 0 amide bonds. The van der Waals surface area contributed by atoms with Gasteiger partial charge in [0.1, 0.15) is 11.5 Å². The maximum atomic E-state index is 12.8. The van der Waals surface area contributed by atoms with Gasteiger partial charge in [-0.2, -0.15) is 26.3 Å². The van der Waals surface area contributed by atoms with E-state index in [0.717, 1.165) is 63.8 Å². The number of halogens is 6. The van der Waals surface area contributed by atoms with Crippen LogP contribution >= 0.6 is 23.5 Å². The van der Waals surface area contributed by atoms with Crippen molar-refractivity contribution in [1.82, 2.24) is 29.9 Å². The zero-order valence-corrected chi connectivity index (χ0v) is 28.4. The lowest BCUT2D eigenvalue weighted by Crippen LogP contribution is -2.04. The molecule has 0 spiro atoms. The van der Waals surface area contributed by atoms with Crippen LogP contribution in [0.25, 0.3) is 22.1 Å². The van der Waals surface area contributed by atoms with Crippen LogP contribution in [-0.2, 0) is 23.9 Å². The standard InChI is InChI=1S/C17H16F3N3OS.C16H14F3N3OS/c1-9-7-21-14(10(2)15(9)24-3)8-25-16-22-12-5-4-11(17(18,19)20)6-13(12)23-16;1-9-7-20-11(6-14(9)23-2)8-24-15-21-12-4-3-10(16(17,18)19)5-13(12)22-15/h4-7H,8H2,1-3H3,(H,22,23);3-7H,8H2,1-2H3,(H,21,22). The van der Waals surface area contributed by atoms with E-state index < -0.39 is 23.5 Å². The third-order valence-corrected chi connectivity index (χ3v) is 9.15. The van der Waals surface area contributed by atoms with Crippen molar-refractivity contribution in [2.75, 3.05) is 14.2 Å². The summed E-state index contributed by atoms with van der Waals surface area (Å²) in [4.78, 5) is 23.2. The average molecular weight is 721 g/mol. The van der Waals surface area contributed by atoms with Crippen LogP contribution in [-0.4, -0.2) is 44.1 Å². The summed E-state index contributed by atoms with van der Waals surface area (Å²) in [6.07, 6.45) is -5.26. The number of nitrogens with one attached hydrogen (secondary N) is 2. The van der Waals surface area contributed by atoms with Gasteiger partial charge in [-0.25, -0.2) is 9.97 Å². The van der Waals surface area contributed by atoms with Gasteiger partial charge in [-0.15, -0.1) is 0 Å². The van der Waals surface area contributed by atoms with Crippen molar-refractivity contribution < 1.29 is 35.8 Å². The van der Waals surface area contributed by atoms with Gasteiger partial charge >= 0.3 is 12.4 Å². The molecule has 0 aliphatic heterocycles. The van der Waals surface area contributed by atoms with Crippen molar-refractivity contribution in [3.05, 3.63) is 94.1 Å². The number of aryl methyl sites for hydroxylation is 2. The monoisotopic (exact) mass is 720 g/mol. The fourth-order valence-electron chi connectivity index (χ4n) is 4.80. The zero-order chi connectivity index (χ0) is 35.5. The summed E-state index contributed by atoms with van der Waals surface area (Å²) < 4.78 is 87.2. The molecular weight excluding hydrogens is 691 g/mol. The molecule has 8 nitrogen and oxygen atoms in total. The molecule has 49 heavy (non-hydrogen) atoms. The highest BCUT2D eigenvalue weighted by Gasteiger charge is 2.31. The highest BCUT2D eigenvalue weighted by molar-refractivity contribution is 7.98. The van der Waals surface area contributed by atoms with E-state index in [0.29, 0.717) is 43.9 Å². The van der Waals surface area contributed by atoms with Crippen molar-refractivity contribution in [2.45, 2.75) is 54.9 Å². The van der Waals surface area contributed by atoms with Gasteiger partial charge in [0.15, 0.2) is 10.3 Å². The second-order valence-electron chi connectivity index (χ2n) is 10.8. The van der Waals surface area contributed by atoms with Gasteiger partial charge in [-0.05, 0) is 57.2 Å². The third kappa shape index (κ3) is 8.60. The molecule has 0 saturated heterocycles. The Bertz CT molecular complexity index is 2090. The minimum Gasteiger partial charge on any atom is -0.496 e. The van der Waals surface area contributed by atoms with Crippen LogP contribution in [0, 0.1) is 20.8 Å². The summed E-state index contributed by atoms with van der Waals surface area (Å²) >= 11 is 2.76. The van der Waals surface area contributed by atoms with Crippen LogP contribution in [0.4, 0.5) is 26.3 Å². The Hall–Kier alpha value is -4.44. The van der Waals surface area contributed by atoms with E-state index in [1.54, 1.807) is 26.6 Å². The number of hydrogen-bond acceptors (Lipinski definition) is 8. The molecule has 0 unspecified atom stereocenters. The van der Waals surface area contributed by atoms with Gasteiger partial charge in [0.2, 0.25) is 0 Å². The molecular formula is C33H30F6N6O2S2. The lowest BCUT2D eigenvalue weighted by Gasteiger charge is -2.11. The maximum absolute atomic E-state index is 12.8. The van der Waals surface area contributed by atoms with E-state index in [-0.39, 0.29) is 0 Å². The second kappa shape index (κ2) is 14.6. The molecule has 2 N–H and O–H groups in total. The first-order chi connectivity index (χ1) is 23.2. The number of aromatic nitrogens is 6. The number of ether oxygens (including phenoxy) is 2. The van der Waals surface area contributed by atoms with E-state index in [4.69, 9.17) is 9.47 Å². The average Bonchev–Trinajstić information content (AvgIpc) is 3.66. The van der Waals surface area contributed by atoms with Crippen LogP contribution in [0.15, 0.2) is 65.2 Å². The Labute approximate surface area is 285 Å². The number of pyridine rings is 2. The largest absolute Gasteiger partial charge is 0.496 e. The molecule has 0 bridgehead atoms. The SMILES string of the molecule is COc1c(C)cnc(CSc2nc3ccc(C(F)(F)F)cc3[nH]2)c1C.COc1cc(CSc2nc3ccc(C(F)(F)F)cc3[nH]2)ncc1C. The predicted octanol–water partition coefficient (Wildman–Crippen LogP) is 9.48. The molecule has 0 atom stereocenters. The zero-order valence-electron chi connectivity index (χ0n) is 26.8. The van der Waals surface area contributed by atoms with Crippen molar-refractivity contribution in [3.8, 4) is 11.5 Å². The summed E-state index contributed by atoms with van der Waals surface area (Å²) in [5.74, 6) is 2.61. The minimum atomic E-state index is -4.37. The quantitative estimate of drug-likeness (QED) is 0.119. The fourth-order valence-corrected chi connectivity index (χ4v) is 6.50. The van der Waals surface area contributed by atoms with E-state index in [9.17, 15) is 26.3 Å². The van der Waals surface area contributed by atoms with Gasteiger partial charge in [-0.3, -0.25) is 9.97 Å². The highest BCUT2D eigenvalue weighted by Crippen LogP contribution is 2.34. The number of aromatic amines is 2. The lowest BCUT2D eigenvalue weighted by atomic mass is 10.1. The van der Waals surface area contributed by atoms with Gasteiger partial charge in [0, 0.05) is 46.7 Å². The van der Waals surface area contributed by atoms with Crippen LogP contribution in [0.5, 0.6) is 11.5 Å². The molecule has 6 rings (SSSR count). The molecule has 2 aromatic carbocycles. The third-order valence-electron chi connectivity index (χ3n) is 7.36. The van der Waals surface area contributed by atoms with Crippen LogP contribution < -0.4 is 9.47 Å². The van der Waals surface area contributed by atoms with Gasteiger partial charge in [0.05, 0.1) is 58.8 Å². The molecule has 4 heterocycles. The molecule has 0 saturated carbocycles. The van der Waals surface area contributed by atoms with E-state index >= 15 is 0 Å². The number of rotatable bonds is 8. The first-order valence-corrected chi connectivity index (χ1v) is 16.5. The Kier molecular flexibility index (Phi) is 10.7. The summed E-state index contributed by atoms with van der Waals surface area (Å²) in [5.41, 5.74) is 4.84. The number of thioether (sulfide) groups is 2. The Morgan fingerprint density at radius 3 is 1.71 bits per heavy atom. The fraction of sp³-hybridized carbons (Fsp3) is 0.273. The Morgan fingerprint density at radius 1 is 0.673 bits per heavy atom. The van der Waals surface area contributed by atoms with Crippen molar-refractivity contribution >= 4 is 45.6 Å². The maximum Gasteiger partial charge on any atom is 0.416 e. The topological polar surface area (TPSA) is 102 Å². The van der Waals surface area contributed by atoms with Crippen molar-refractivity contribution in [2.24, 2.45) is 0 Å². The minimum absolute atomic E-state index is 0.363. The smallest absolute Gasteiger partial charge is 0.416 e. The number of alkyl halides is 6. The molecule has 6 aromatic rings. The molecule has 16 heteroatoms. The van der Waals surface area contributed by atoms with Gasteiger partial charge in [-0.1, -0.05) is 23.5 Å². The van der Waals surface area contributed by atoms with Gasteiger partial charge < -0.3 is 19.4 Å². The summed E-state index contributed by atoms with van der Waals surface area (Å²) in [7, 11) is 3.21. The van der Waals surface area contributed by atoms with E-state index in [1.165, 1.54) is 35.7 Å². The number of fused-ring (bicyclic) bond motifs is 2. The predicted molar refractivity (Wildman–Crippen MR) is 177 cm³/mol. The molecule has 258 valence electrons. The van der Waals surface area contributed by atoms with Gasteiger partial charge in [0.25, 0.3) is 0 Å². The number of methoxy groups -OCH3 is 2. The molecule has 0 aliphatic carbocycles. The molecule has 0 aliphatic rings. The van der Waals surface area contributed by atoms with Crippen molar-refractivity contribution in [3.63, 3.8) is 0 Å². The Morgan fingerprint density at radius 2 is 1.20 bits per heavy atom.